The lowest BCUT2D eigenvalue weighted by Crippen LogP contribution is -2.32. The van der Waals surface area contributed by atoms with Crippen LogP contribution in [0.5, 0.6) is 0 Å². The zero-order valence-electron chi connectivity index (χ0n) is 10.5. The molecule has 0 spiro atoms. The van der Waals surface area contributed by atoms with Gasteiger partial charge < -0.3 is 10.8 Å². The van der Waals surface area contributed by atoms with Crippen molar-refractivity contribution in [2.24, 2.45) is 0 Å². The minimum atomic E-state index is -4.28. The molecule has 0 aromatic heterocycles. The molecule has 0 saturated carbocycles. The first-order chi connectivity index (χ1) is 9.54. The highest BCUT2D eigenvalue weighted by Crippen LogP contribution is 2.35. The van der Waals surface area contributed by atoms with Crippen molar-refractivity contribution in [1.29, 1.82) is 0 Å². The minimum Gasteiger partial charge on any atom is -0.478 e. The molecule has 1 heterocycles. The summed E-state index contributed by atoms with van der Waals surface area (Å²) in [5.41, 5.74) is 4.70. The zero-order valence-corrected chi connectivity index (χ0v) is 12.9. The van der Waals surface area contributed by atoms with E-state index in [1.54, 1.807) is 0 Å². The quantitative estimate of drug-likeness (QED) is 0.773. The number of rotatable bonds is 3. The van der Waals surface area contributed by atoms with E-state index in [2.05, 4.69) is 15.9 Å². The second-order valence-electron chi connectivity index (χ2n) is 4.61. The van der Waals surface area contributed by atoms with Crippen molar-refractivity contribution in [3.63, 3.8) is 0 Å². The summed E-state index contributed by atoms with van der Waals surface area (Å²) in [6.07, 6.45) is -0.577. The number of benzene rings is 1. The predicted octanol–water partition coefficient (Wildman–Crippen LogP) is 1.76. The lowest BCUT2D eigenvalue weighted by atomic mass is 10.2. The number of carbonyl (C=O) groups is 1. The first-order valence-electron chi connectivity index (χ1n) is 5.75. The summed E-state index contributed by atoms with van der Waals surface area (Å²) >= 11 is 2.99. The van der Waals surface area contributed by atoms with Crippen molar-refractivity contribution in [2.45, 2.75) is 17.2 Å². The number of nitrogens with two attached hydrogens (primary N) is 1. The molecule has 0 aliphatic carbocycles. The van der Waals surface area contributed by atoms with Gasteiger partial charge in [0.2, 0.25) is 10.0 Å². The maximum absolute atomic E-state index is 13.2. The number of hydrogen-bond acceptors (Lipinski definition) is 4. The smallest absolute Gasteiger partial charge is 0.337 e. The average molecular weight is 385 g/mol. The molecule has 0 radical (unpaired) electrons. The number of alkyl halides is 2. The fraction of sp³-hybridized carbons (Fsp3) is 0.364. The topological polar surface area (TPSA) is 101 Å². The molecule has 1 fully saturated rings. The van der Waals surface area contributed by atoms with Crippen LogP contribution in [0.15, 0.2) is 21.5 Å². The van der Waals surface area contributed by atoms with Gasteiger partial charge in [0.1, 0.15) is 4.90 Å². The van der Waals surface area contributed by atoms with Gasteiger partial charge in [0, 0.05) is 17.4 Å². The monoisotopic (exact) mass is 384 g/mol. The fourth-order valence-corrected chi connectivity index (χ4v) is 4.27. The Morgan fingerprint density at radius 3 is 2.52 bits per heavy atom. The summed E-state index contributed by atoms with van der Waals surface area (Å²) in [6, 6.07) is 2.25. The summed E-state index contributed by atoms with van der Waals surface area (Å²) in [5.74, 6) is -4.50. The molecule has 0 atom stereocenters. The van der Waals surface area contributed by atoms with E-state index in [9.17, 15) is 22.0 Å². The molecule has 1 aromatic carbocycles. The largest absolute Gasteiger partial charge is 0.478 e. The van der Waals surface area contributed by atoms with E-state index < -0.39 is 51.0 Å². The third-order valence-corrected chi connectivity index (χ3v) is 5.43. The molecule has 3 N–H and O–H groups in total. The van der Waals surface area contributed by atoms with E-state index in [0.717, 1.165) is 12.1 Å². The molecule has 10 heteroatoms. The second kappa shape index (κ2) is 5.18. The van der Waals surface area contributed by atoms with Crippen LogP contribution in [0, 0.1) is 0 Å². The molecule has 1 aromatic rings. The van der Waals surface area contributed by atoms with Crippen molar-refractivity contribution in [3.8, 4) is 0 Å². The number of halogens is 3. The summed E-state index contributed by atoms with van der Waals surface area (Å²) in [6.45, 7) is -1.28. The molecule has 21 heavy (non-hydrogen) atoms. The van der Waals surface area contributed by atoms with E-state index >= 15 is 0 Å². The van der Waals surface area contributed by atoms with Crippen molar-refractivity contribution in [3.05, 3.63) is 22.2 Å². The molecule has 2 rings (SSSR count). The van der Waals surface area contributed by atoms with E-state index in [1.807, 2.05) is 0 Å². The summed E-state index contributed by atoms with van der Waals surface area (Å²) < 4.78 is 51.9. The number of carboxylic acid groups (broad SMARTS) is 1. The Balaban J connectivity index is 2.53. The number of aromatic carboxylic acids is 1. The Morgan fingerprint density at radius 1 is 1.43 bits per heavy atom. The highest BCUT2D eigenvalue weighted by atomic mass is 79.9. The van der Waals surface area contributed by atoms with Crippen molar-refractivity contribution in [1.82, 2.24) is 4.31 Å². The van der Waals surface area contributed by atoms with Crippen LogP contribution >= 0.6 is 15.9 Å². The van der Waals surface area contributed by atoms with E-state index in [1.165, 1.54) is 0 Å². The Kier molecular flexibility index (Phi) is 3.98. The molecule has 0 bridgehead atoms. The van der Waals surface area contributed by atoms with E-state index in [4.69, 9.17) is 10.8 Å². The van der Waals surface area contributed by atoms with E-state index in [-0.39, 0.29) is 11.0 Å². The van der Waals surface area contributed by atoms with Crippen LogP contribution in [-0.4, -0.2) is 42.8 Å². The number of nitrogen functional groups attached to an aromatic ring is 1. The van der Waals surface area contributed by atoms with Crippen LogP contribution in [0.4, 0.5) is 14.5 Å². The third-order valence-electron chi connectivity index (χ3n) is 3.09. The number of hydrogen-bond donors (Lipinski definition) is 2. The SMILES string of the molecule is Nc1c(C(=O)O)cc(Br)cc1S(=O)(=O)N1CCC(F)(F)C1. The lowest BCUT2D eigenvalue weighted by Gasteiger charge is -2.18. The predicted molar refractivity (Wildman–Crippen MR) is 73.8 cm³/mol. The lowest BCUT2D eigenvalue weighted by molar-refractivity contribution is 0.0183. The molecule has 1 aliphatic heterocycles. The third kappa shape index (κ3) is 3.01. The van der Waals surface area contributed by atoms with Crippen LogP contribution in [0.2, 0.25) is 0 Å². The summed E-state index contributed by atoms with van der Waals surface area (Å²) in [4.78, 5) is 10.6. The van der Waals surface area contributed by atoms with Gasteiger partial charge in [-0.25, -0.2) is 22.0 Å². The zero-order chi connectivity index (χ0) is 16.0. The van der Waals surface area contributed by atoms with Crippen LogP contribution in [0.25, 0.3) is 0 Å². The molecule has 1 aliphatic rings. The minimum absolute atomic E-state index is 0.179. The maximum Gasteiger partial charge on any atom is 0.337 e. The van der Waals surface area contributed by atoms with Crippen molar-refractivity contribution >= 4 is 37.6 Å². The standard InChI is InChI=1S/C11H11BrF2N2O4S/c12-6-3-7(10(17)18)9(15)8(4-6)21(19,20)16-2-1-11(13,14)5-16/h3-4H,1-2,5,15H2,(H,17,18). The molecule has 0 unspecified atom stereocenters. The molecule has 6 nitrogen and oxygen atoms in total. The highest BCUT2D eigenvalue weighted by Gasteiger charge is 2.44. The van der Waals surface area contributed by atoms with Gasteiger partial charge in [0.25, 0.3) is 5.92 Å². The van der Waals surface area contributed by atoms with Gasteiger partial charge in [0.15, 0.2) is 0 Å². The Bertz CT molecular complexity index is 708. The number of sulfonamides is 1. The summed E-state index contributed by atoms with van der Waals surface area (Å²) in [5, 5.41) is 9.00. The molecule has 1 saturated heterocycles. The van der Waals surface area contributed by atoms with Crippen LogP contribution in [0.1, 0.15) is 16.8 Å². The van der Waals surface area contributed by atoms with Crippen LogP contribution in [0.3, 0.4) is 0 Å². The van der Waals surface area contributed by atoms with Crippen LogP contribution < -0.4 is 5.73 Å². The van der Waals surface area contributed by atoms with Crippen LogP contribution in [-0.2, 0) is 10.0 Å². The molecule has 0 amide bonds. The van der Waals surface area contributed by atoms with Gasteiger partial charge in [-0.3, -0.25) is 0 Å². The first-order valence-corrected chi connectivity index (χ1v) is 7.98. The normalized spacial score (nSPS) is 18.8. The number of anilines is 1. The molecular weight excluding hydrogens is 374 g/mol. The Hall–Kier alpha value is -1.26. The van der Waals surface area contributed by atoms with Gasteiger partial charge in [-0.2, -0.15) is 4.31 Å². The van der Waals surface area contributed by atoms with Gasteiger partial charge in [-0.05, 0) is 12.1 Å². The number of carboxylic acids is 1. The Labute approximate surface area is 127 Å². The summed E-state index contributed by atoms with van der Waals surface area (Å²) in [7, 11) is -4.28. The highest BCUT2D eigenvalue weighted by molar-refractivity contribution is 9.10. The van der Waals surface area contributed by atoms with Gasteiger partial charge >= 0.3 is 5.97 Å². The maximum atomic E-state index is 13.2. The van der Waals surface area contributed by atoms with Gasteiger partial charge in [-0.15, -0.1) is 0 Å². The fourth-order valence-electron chi connectivity index (χ4n) is 2.03. The molecular formula is C11H11BrF2N2O4S. The Morgan fingerprint density at radius 2 is 2.05 bits per heavy atom. The van der Waals surface area contributed by atoms with Gasteiger partial charge in [-0.1, -0.05) is 15.9 Å². The van der Waals surface area contributed by atoms with Crippen molar-refractivity contribution < 1.29 is 27.1 Å². The molecule has 116 valence electrons. The van der Waals surface area contributed by atoms with Crippen molar-refractivity contribution in [2.75, 3.05) is 18.8 Å². The van der Waals surface area contributed by atoms with Gasteiger partial charge in [0.05, 0.1) is 17.8 Å². The van der Waals surface area contributed by atoms with E-state index in [0.29, 0.717) is 4.31 Å². The average Bonchev–Trinajstić information content (AvgIpc) is 2.72. The first kappa shape index (κ1) is 16.1. The second-order valence-corrected chi connectivity index (χ2v) is 7.44. The number of nitrogens with zero attached hydrogens (tertiary/aromatic N) is 1.